The van der Waals surface area contributed by atoms with Crippen molar-refractivity contribution in [2.24, 2.45) is 0 Å². The summed E-state index contributed by atoms with van der Waals surface area (Å²) in [5.74, 6) is 2.36. The van der Waals surface area contributed by atoms with Crippen LogP contribution in [0, 0.1) is 0 Å². The molecule has 0 fully saturated rings. The summed E-state index contributed by atoms with van der Waals surface area (Å²) < 4.78 is 16.2. The molecule has 0 heterocycles. The molecule has 1 rings (SSSR count). The molecule has 156 valence electrons. The molecule has 1 aromatic carbocycles. The number of rotatable bonds is 17. The van der Waals surface area contributed by atoms with E-state index in [1.807, 2.05) is 12.1 Å². The van der Waals surface area contributed by atoms with Gasteiger partial charge in [-0.1, -0.05) is 64.2 Å². The van der Waals surface area contributed by atoms with E-state index in [9.17, 15) is 0 Å². The Morgan fingerprint density at radius 2 is 0.963 bits per heavy atom. The molecule has 0 radical (unpaired) electrons. The zero-order chi connectivity index (χ0) is 19.7. The van der Waals surface area contributed by atoms with Crippen LogP contribution >= 0.6 is 0 Å². The quantitative estimate of drug-likeness (QED) is 0.340. The van der Waals surface area contributed by atoms with Crippen molar-refractivity contribution in [2.45, 2.75) is 83.5 Å². The summed E-state index contributed by atoms with van der Waals surface area (Å²) in [6.07, 6.45) is 16.3. The number of aryl methyl sites for hydroxylation is 1. The molecule has 0 aliphatic rings. The van der Waals surface area contributed by atoms with E-state index in [-0.39, 0.29) is 0 Å². The molecule has 4 heteroatoms. The lowest BCUT2D eigenvalue weighted by Gasteiger charge is -2.14. The third-order valence-electron chi connectivity index (χ3n) is 5.14. The highest BCUT2D eigenvalue weighted by Gasteiger charge is 2.11. The first kappa shape index (κ1) is 23.6. The van der Waals surface area contributed by atoms with E-state index in [2.05, 4.69) is 0 Å². The fourth-order valence-corrected chi connectivity index (χ4v) is 3.48. The summed E-state index contributed by atoms with van der Waals surface area (Å²) in [7, 11) is 5.02. The van der Waals surface area contributed by atoms with Crippen molar-refractivity contribution in [3.63, 3.8) is 0 Å². The van der Waals surface area contributed by atoms with Crippen LogP contribution in [0.15, 0.2) is 12.1 Å². The van der Waals surface area contributed by atoms with Crippen molar-refractivity contribution in [1.82, 2.24) is 0 Å². The highest BCUT2D eigenvalue weighted by Crippen LogP contribution is 2.35. The van der Waals surface area contributed by atoms with E-state index < -0.39 is 0 Å². The summed E-state index contributed by atoms with van der Waals surface area (Å²) in [6, 6.07) is 3.95. The summed E-state index contributed by atoms with van der Waals surface area (Å²) in [4.78, 5) is 0. The Labute approximate surface area is 166 Å². The number of hydrogen-bond acceptors (Lipinski definition) is 4. The number of methoxy groups -OCH3 is 3. The Morgan fingerprint density at radius 3 is 1.41 bits per heavy atom. The third kappa shape index (κ3) is 9.90. The third-order valence-corrected chi connectivity index (χ3v) is 5.14. The van der Waals surface area contributed by atoms with Crippen LogP contribution < -0.4 is 14.2 Å². The van der Waals surface area contributed by atoms with Gasteiger partial charge < -0.3 is 19.3 Å². The Balaban J connectivity index is 2.11. The predicted molar refractivity (Wildman–Crippen MR) is 112 cm³/mol. The lowest BCUT2D eigenvalue weighted by atomic mass is 10.0. The number of aliphatic hydroxyl groups is 1. The highest BCUT2D eigenvalue weighted by molar-refractivity contribution is 5.50. The molecule has 4 nitrogen and oxygen atoms in total. The van der Waals surface area contributed by atoms with Crippen LogP contribution in [0.2, 0.25) is 0 Å². The number of ether oxygens (including phenoxy) is 3. The zero-order valence-corrected chi connectivity index (χ0v) is 17.7. The van der Waals surface area contributed by atoms with Crippen molar-refractivity contribution in [2.75, 3.05) is 27.9 Å². The average Bonchev–Trinajstić information content (AvgIpc) is 2.70. The van der Waals surface area contributed by atoms with Gasteiger partial charge >= 0.3 is 0 Å². The molecule has 0 aromatic heterocycles. The molecule has 0 saturated heterocycles. The zero-order valence-electron chi connectivity index (χ0n) is 17.7. The van der Waals surface area contributed by atoms with Gasteiger partial charge in [-0.3, -0.25) is 0 Å². The number of unbranched alkanes of at least 4 members (excludes halogenated alkanes) is 11. The lowest BCUT2D eigenvalue weighted by Crippen LogP contribution is -1.97. The van der Waals surface area contributed by atoms with Crippen LogP contribution in [0.3, 0.4) is 0 Å². The maximum atomic E-state index is 8.75. The molecular formula is C23H40O4. The molecule has 1 N–H and O–H groups in total. The van der Waals surface area contributed by atoms with Gasteiger partial charge in [0, 0.05) is 12.7 Å². The molecule has 0 unspecified atom stereocenters. The molecule has 1 aromatic rings. The van der Waals surface area contributed by atoms with Crippen molar-refractivity contribution in [3.8, 4) is 17.2 Å². The van der Waals surface area contributed by atoms with Gasteiger partial charge in [0.1, 0.15) is 5.75 Å². The van der Waals surface area contributed by atoms with E-state index >= 15 is 0 Å². The number of aliphatic hydroxyl groups excluding tert-OH is 1. The second kappa shape index (κ2) is 15.6. The van der Waals surface area contributed by atoms with E-state index in [1.54, 1.807) is 21.3 Å². The molecular weight excluding hydrogens is 340 g/mol. The molecule has 0 atom stereocenters. The van der Waals surface area contributed by atoms with Crippen LogP contribution in [0.4, 0.5) is 0 Å². The van der Waals surface area contributed by atoms with E-state index in [0.717, 1.165) is 24.3 Å². The van der Waals surface area contributed by atoms with Gasteiger partial charge in [-0.05, 0) is 30.9 Å². The molecule has 0 bridgehead atoms. The maximum absolute atomic E-state index is 8.75. The van der Waals surface area contributed by atoms with Gasteiger partial charge in [0.05, 0.1) is 21.3 Å². The van der Waals surface area contributed by atoms with Gasteiger partial charge in [-0.2, -0.15) is 0 Å². The molecule has 27 heavy (non-hydrogen) atoms. The summed E-state index contributed by atoms with van der Waals surface area (Å²) in [5, 5.41) is 8.75. The summed E-state index contributed by atoms with van der Waals surface area (Å²) >= 11 is 0. The van der Waals surface area contributed by atoms with Crippen molar-refractivity contribution in [1.29, 1.82) is 0 Å². The highest BCUT2D eigenvalue weighted by atomic mass is 16.5. The van der Waals surface area contributed by atoms with Crippen molar-refractivity contribution >= 4 is 0 Å². The topological polar surface area (TPSA) is 47.9 Å². The van der Waals surface area contributed by atoms with E-state index in [1.165, 1.54) is 76.2 Å². The Bertz CT molecular complexity index is 488. The van der Waals surface area contributed by atoms with Crippen molar-refractivity contribution < 1.29 is 19.3 Å². The normalized spacial score (nSPS) is 10.8. The van der Waals surface area contributed by atoms with Crippen LogP contribution in [-0.2, 0) is 6.42 Å². The first-order chi connectivity index (χ1) is 13.3. The second-order valence-electron chi connectivity index (χ2n) is 7.24. The Kier molecular flexibility index (Phi) is 13.7. The average molecular weight is 381 g/mol. The van der Waals surface area contributed by atoms with Gasteiger partial charge in [-0.15, -0.1) is 0 Å². The Hall–Kier alpha value is -1.42. The predicted octanol–water partition coefficient (Wildman–Crippen LogP) is 5.93. The van der Waals surface area contributed by atoms with Gasteiger partial charge in [-0.25, -0.2) is 0 Å². The van der Waals surface area contributed by atoms with Crippen LogP contribution in [0.1, 0.15) is 82.6 Å². The standard InChI is InChI=1S/C23H40O4/c1-25-21-19-23(27-3)22(26-2)18-20(21)16-14-12-10-8-6-4-5-7-9-11-13-15-17-24/h18-19,24H,4-17H2,1-3H3. The van der Waals surface area contributed by atoms with Crippen molar-refractivity contribution in [3.05, 3.63) is 17.7 Å². The second-order valence-corrected chi connectivity index (χ2v) is 7.24. The first-order valence-electron chi connectivity index (χ1n) is 10.7. The fourth-order valence-electron chi connectivity index (χ4n) is 3.48. The van der Waals surface area contributed by atoms with E-state index in [0.29, 0.717) is 12.4 Å². The fraction of sp³-hybridized carbons (Fsp3) is 0.739. The van der Waals surface area contributed by atoms with Crippen LogP contribution in [0.25, 0.3) is 0 Å². The minimum atomic E-state index is 0.346. The van der Waals surface area contributed by atoms with Crippen LogP contribution in [0.5, 0.6) is 17.2 Å². The minimum absolute atomic E-state index is 0.346. The summed E-state index contributed by atoms with van der Waals surface area (Å²) in [6.45, 7) is 0.346. The molecule has 0 amide bonds. The molecule has 0 aliphatic heterocycles. The summed E-state index contributed by atoms with van der Waals surface area (Å²) in [5.41, 5.74) is 1.19. The van der Waals surface area contributed by atoms with Gasteiger partial charge in [0.2, 0.25) is 0 Å². The monoisotopic (exact) mass is 380 g/mol. The smallest absolute Gasteiger partial charge is 0.164 e. The number of hydrogen-bond donors (Lipinski definition) is 1. The van der Waals surface area contributed by atoms with Crippen LogP contribution in [-0.4, -0.2) is 33.0 Å². The van der Waals surface area contributed by atoms with Gasteiger partial charge in [0.25, 0.3) is 0 Å². The molecule has 0 aliphatic carbocycles. The first-order valence-corrected chi connectivity index (χ1v) is 10.7. The SMILES string of the molecule is COc1cc(OC)c(OC)cc1CCCCCCCCCCCCCCO. The molecule has 0 spiro atoms. The lowest BCUT2D eigenvalue weighted by molar-refractivity contribution is 0.282. The van der Waals surface area contributed by atoms with Gasteiger partial charge in [0.15, 0.2) is 11.5 Å². The Morgan fingerprint density at radius 1 is 0.556 bits per heavy atom. The number of benzene rings is 1. The minimum Gasteiger partial charge on any atom is -0.496 e. The van der Waals surface area contributed by atoms with E-state index in [4.69, 9.17) is 19.3 Å². The largest absolute Gasteiger partial charge is 0.496 e. The molecule has 0 saturated carbocycles. The maximum Gasteiger partial charge on any atom is 0.164 e.